The van der Waals surface area contributed by atoms with Crippen molar-refractivity contribution in [1.82, 2.24) is 4.90 Å². The standard InChI is InChI=1S/C28H29FN2O7/c1-31-25(16-9-7-8-10-19(16)29)24(17-13-20(34-2)21(35-3)14-18(17)28(31)33)27(32)30-15-11-22(36-4)26(38-6)23(12-15)37-5/h7-14,24-25H,1-6H3,(H,30,32). The maximum atomic E-state index is 15.1. The molecule has 0 aromatic heterocycles. The normalized spacial score (nSPS) is 16.4. The number of methoxy groups -OCH3 is 5. The van der Waals surface area contributed by atoms with Crippen molar-refractivity contribution in [3.63, 3.8) is 0 Å². The summed E-state index contributed by atoms with van der Waals surface area (Å²) in [5, 5.41) is 2.89. The quantitative estimate of drug-likeness (QED) is 0.466. The molecule has 4 rings (SSSR count). The largest absolute Gasteiger partial charge is 0.493 e. The van der Waals surface area contributed by atoms with E-state index in [1.807, 2.05) is 0 Å². The first kappa shape index (κ1) is 26.6. The smallest absolute Gasteiger partial charge is 0.254 e. The van der Waals surface area contributed by atoms with Gasteiger partial charge in [-0.1, -0.05) is 18.2 Å². The van der Waals surface area contributed by atoms with Gasteiger partial charge in [0.2, 0.25) is 11.7 Å². The number of hydrogen-bond donors (Lipinski definition) is 1. The lowest BCUT2D eigenvalue weighted by atomic mass is 9.79. The van der Waals surface area contributed by atoms with Gasteiger partial charge in [0.05, 0.1) is 47.5 Å². The highest BCUT2D eigenvalue weighted by Crippen LogP contribution is 2.47. The Labute approximate surface area is 220 Å². The number of carbonyl (C=O) groups is 2. The Balaban J connectivity index is 1.89. The van der Waals surface area contributed by atoms with E-state index in [4.69, 9.17) is 23.7 Å². The topological polar surface area (TPSA) is 95.6 Å². The highest BCUT2D eigenvalue weighted by molar-refractivity contribution is 6.05. The van der Waals surface area contributed by atoms with E-state index in [0.717, 1.165) is 0 Å². The molecule has 1 aliphatic heterocycles. The molecule has 2 atom stereocenters. The fourth-order valence-corrected chi connectivity index (χ4v) is 4.81. The summed E-state index contributed by atoms with van der Waals surface area (Å²) >= 11 is 0. The molecule has 2 amide bonds. The minimum atomic E-state index is -1.01. The van der Waals surface area contributed by atoms with E-state index in [9.17, 15) is 9.59 Å². The molecule has 0 spiro atoms. The third-order valence-corrected chi connectivity index (χ3v) is 6.61. The summed E-state index contributed by atoms with van der Waals surface area (Å²) in [7, 11) is 8.87. The van der Waals surface area contributed by atoms with Crippen LogP contribution in [0.15, 0.2) is 48.5 Å². The Bertz CT molecular complexity index is 1350. The number of rotatable bonds is 8. The molecule has 0 fully saturated rings. The number of fused-ring (bicyclic) bond motifs is 1. The molecule has 0 aliphatic carbocycles. The number of benzene rings is 3. The maximum Gasteiger partial charge on any atom is 0.254 e. The van der Waals surface area contributed by atoms with Gasteiger partial charge >= 0.3 is 0 Å². The van der Waals surface area contributed by atoms with Crippen LogP contribution in [0.4, 0.5) is 10.1 Å². The summed E-state index contributed by atoms with van der Waals surface area (Å²) in [6.07, 6.45) is 0. The molecule has 2 unspecified atom stereocenters. The van der Waals surface area contributed by atoms with E-state index < -0.39 is 23.7 Å². The lowest BCUT2D eigenvalue weighted by Gasteiger charge is -2.40. The number of amides is 2. The Kier molecular flexibility index (Phi) is 7.61. The lowest BCUT2D eigenvalue weighted by Crippen LogP contribution is -2.44. The molecule has 9 nitrogen and oxygen atoms in total. The Morgan fingerprint density at radius 1 is 0.816 bits per heavy atom. The van der Waals surface area contributed by atoms with Gasteiger partial charge in [-0.2, -0.15) is 0 Å². The van der Waals surface area contributed by atoms with Crippen molar-refractivity contribution in [2.75, 3.05) is 47.9 Å². The summed E-state index contributed by atoms with van der Waals surface area (Å²) in [6.45, 7) is 0. The molecule has 1 aliphatic rings. The van der Waals surface area contributed by atoms with Gasteiger partial charge in [-0.3, -0.25) is 9.59 Å². The van der Waals surface area contributed by atoms with E-state index in [1.54, 1.807) is 43.4 Å². The molecule has 1 N–H and O–H groups in total. The third kappa shape index (κ3) is 4.53. The van der Waals surface area contributed by atoms with E-state index in [2.05, 4.69) is 5.32 Å². The number of nitrogens with one attached hydrogen (secondary N) is 1. The minimum Gasteiger partial charge on any atom is -0.493 e. The molecule has 10 heteroatoms. The van der Waals surface area contributed by atoms with Crippen LogP contribution in [0.5, 0.6) is 28.7 Å². The molecular formula is C28H29FN2O7. The molecule has 0 saturated heterocycles. The summed E-state index contributed by atoms with van der Waals surface area (Å²) in [5.74, 6) is -0.697. The van der Waals surface area contributed by atoms with Crippen molar-refractivity contribution in [1.29, 1.82) is 0 Å². The van der Waals surface area contributed by atoms with Crippen molar-refractivity contribution >= 4 is 17.5 Å². The lowest BCUT2D eigenvalue weighted by molar-refractivity contribution is -0.119. The van der Waals surface area contributed by atoms with Crippen molar-refractivity contribution in [3.05, 3.63) is 71.0 Å². The predicted molar refractivity (Wildman–Crippen MR) is 138 cm³/mol. The zero-order valence-electron chi connectivity index (χ0n) is 22.0. The van der Waals surface area contributed by atoms with Crippen molar-refractivity contribution in [3.8, 4) is 28.7 Å². The zero-order chi connectivity index (χ0) is 27.6. The number of hydrogen-bond acceptors (Lipinski definition) is 7. The fraction of sp³-hybridized carbons (Fsp3) is 0.286. The molecule has 0 radical (unpaired) electrons. The summed E-state index contributed by atoms with van der Waals surface area (Å²) in [6, 6.07) is 11.4. The fourth-order valence-electron chi connectivity index (χ4n) is 4.81. The number of anilines is 1. The first-order valence-electron chi connectivity index (χ1n) is 11.7. The minimum absolute atomic E-state index is 0.203. The molecule has 0 bridgehead atoms. The Hall–Kier alpha value is -4.47. The Morgan fingerprint density at radius 2 is 1.39 bits per heavy atom. The SMILES string of the molecule is COc1cc2c(cc1OC)C(C(=O)Nc1cc(OC)c(OC)c(OC)c1)C(c1ccccc1F)N(C)C2=O. The van der Waals surface area contributed by atoms with Crippen LogP contribution >= 0.6 is 0 Å². The number of likely N-dealkylation sites (N-methyl/N-ethyl adjacent to an activating group) is 1. The second-order valence-electron chi connectivity index (χ2n) is 8.56. The summed E-state index contributed by atoms with van der Waals surface area (Å²) in [5.41, 5.74) is 1.19. The highest BCUT2D eigenvalue weighted by Gasteiger charge is 2.44. The second kappa shape index (κ2) is 10.9. The zero-order valence-corrected chi connectivity index (χ0v) is 22.0. The van der Waals surface area contributed by atoms with Crippen LogP contribution in [-0.4, -0.2) is 59.3 Å². The van der Waals surface area contributed by atoms with Gasteiger partial charge in [0, 0.05) is 36.0 Å². The van der Waals surface area contributed by atoms with E-state index in [-0.39, 0.29) is 17.0 Å². The third-order valence-electron chi connectivity index (χ3n) is 6.61. The molecule has 3 aromatic carbocycles. The molecule has 0 saturated carbocycles. The number of halogens is 1. The van der Waals surface area contributed by atoms with Crippen LogP contribution in [-0.2, 0) is 4.79 Å². The predicted octanol–water partition coefficient (Wildman–Crippen LogP) is 4.42. The van der Waals surface area contributed by atoms with Gasteiger partial charge in [0.1, 0.15) is 5.82 Å². The van der Waals surface area contributed by atoms with Crippen LogP contribution < -0.4 is 29.0 Å². The monoisotopic (exact) mass is 524 g/mol. The van der Waals surface area contributed by atoms with Crippen LogP contribution in [0.2, 0.25) is 0 Å². The van der Waals surface area contributed by atoms with Gasteiger partial charge in [0.15, 0.2) is 23.0 Å². The van der Waals surface area contributed by atoms with Gasteiger partial charge < -0.3 is 33.9 Å². The second-order valence-corrected chi connectivity index (χ2v) is 8.56. The van der Waals surface area contributed by atoms with Gasteiger partial charge in [-0.25, -0.2) is 4.39 Å². The molecule has 1 heterocycles. The van der Waals surface area contributed by atoms with E-state index in [1.165, 1.54) is 52.6 Å². The van der Waals surface area contributed by atoms with Crippen molar-refractivity contribution < 1.29 is 37.7 Å². The van der Waals surface area contributed by atoms with Crippen molar-refractivity contribution in [2.45, 2.75) is 12.0 Å². The first-order valence-corrected chi connectivity index (χ1v) is 11.7. The van der Waals surface area contributed by atoms with Crippen molar-refractivity contribution in [2.24, 2.45) is 0 Å². The number of carbonyl (C=O) groups excluding carboxylic acids is 2. The van der Waals surface area contributed by atoms with Crippen LogP contribution in [0, 0.1) is 5.82 Å². The number of nitrogens with zero attached hydrogens (tertiary/aromatic N) is 1. The highest BCUT2D eigenvalue weighted by atomic mass is 19.1. The Morgan fingerprint density at radius 3 is 1.95 bits per heavy atom. The van der Waals surface area contributed by atoms with E-state index >= 15 is 4.39 Å². The molecule has 3 aromatic rings. The average molecular weight is 525 g/mol. The number of ether oxygens (including phenoxy) is 5. The molecule has 38 heavy (non-hydrogen) atoms. The maximum absolute atomic E-state index is 15.1. The van der Waals surface area contributed by atoms with Crippen LogP contribution in [0.25, 0.3) is 0 Å². The van der Waals surface area contributed by atoms with E-state index in [0.29, 0.717) is 40.0 Å². The van der Waals surface area contributed by atoms with Gasteiger partial charge in [-0.15, -0.1) is 0 Å². The van der Waals surface area contributed by atoms with Gasteiger partial charge in [0.25, 0.3) is 5.91 Å². The van der Waals surface area contributed by atoms with Crippen LogP contribution in [0.3, 0.4) is 0 Å². The summed E-state index contributed by atoms with van der Waals surface area (Å²) < 4.78 is 42.1. The summed E-state index contributed by atoms with van der Waals surface area (Å²) in [4.78, 5) is 28.9. The molecule has 200 valence electrons. The average Bonchev–Trinajstić information content (AvgIpc) is 2.93. The van der Waals surface area contributed by atoms with Crippen LogP contribution in [0.1, 0.15) is 33.4 Å². The first-order chi connectivity index (χ1) is 18.3. The van der Waals surface area contributed by atoms with Gasteiger partial charge in [-0.05, 0) is 23.8 Å². The molecular weight excluding hydrogens is 495 g/mol.